The quantitative estimate of drug-likeness (QED) is 0.436. The van der Waals surface area contributed by atoms with Crippen molar-refractivity contribution in [2.24, 2.45) is 0 Å². The largest absolute Gasteiger partial charge is 0.497 e. The molecule has 1 aliphatic rings. The minimum absolute atomic E-state index is 0.0775. The van der Waals surface area contributed by atoms with Gasteiger partial charge in [-0.15, -0.1) is 5.10 Å². The van der Waals surface area contributed by atoms with Crippen molar-refractivity contribution in [2.45, 2.75) is 25.3 Å². The molecule has 0 unspecified atom stereocenters. The van der Waals surface area contributed by atoms with Crippen LogP contribution in [0.5, 0.6) is 5.75 Å². The van der Waals surface area contributed by atoms with Crippen molar-refractivity contribution in [3.05, 3.63) is 48.0 Å². The monoisotopic (exact) mass is 460 g/mol. The van der Waals surface area contributed by atoms with Crippen molar-refractivity contribution in [3.8, 4) is 17.1 Å². The number of carbonyl (C=O) groups is 2. The Morgan fingerprint density at radius 1 is 1.12 bits per heavy atom. The van der Waals surface area contributed by atoms with Crippen LogP contribution in [0, 0.1) is 0 Å². The van der Waals surface area contributed by atoms with Gasteiger partial charge in [0, 0.05) is 12.1 Å². The maximum atomic E-state index is 12.6. The Balaban J connectivity index is 1.71. The van der Waals surface area contributed by atoms with Crippen LogP contribution in [0.2, 0.25) is 0 Å². The lowest BCUT2D eigenvalue weighted by Crippen LogP contribution is -2.38. The Hall–Kier alpha value is -4.21. The van der Waals surface area contributed by atoms with Crippen molar-refractivity contribution in [2.75, 3.05) is 26.1 Å². The molecule has 1 saturated heterocycles. The van der Waals surface area contributed by atoms with Crippen LogP contribution in [0.25, 0.3) is 27.9 Å². The smallest absolute Gasteiger partial charge is 0.338 e. The standard InChI is InChI=1S/C24H24N6O4/c1-33-15-11-9-14(10-12-15)20-28-21-19-16(23(32)34-2)6-5-8-17(19)26-24(30(21)29-20)27-18-7-3-4-13-25-22(18)31/h5-6,8-12,18H,3-4,7,13H2,1-2H3,(H,25,31)(H,26,27)/t18-/m1/s1. The number of rotatable bonds is 5. The number of ether oxygens (including phenoxy) is 2. The summed E-state index contributed by atoms with van der Waals surface area (Å²) in [4.78, 5) is 34.6. The Bertz CT molecular complexity index is 1380. The molecule has 34 heavy (non-hydrogen) atoms. The molecule has 2 aromatic carbocycles. The van der Waals surface area contributed by atoms with E-state index in [0.717, 1.165) is 18.4 Å². The molecule has 0 saturated carbocycles. The minimum atomic E-state index is -0.493. The Labute approximate surface area is 195 Å². The molecule has 1 fully saturated rings. The molecule has 5 rings (SSSR count). The zero-order valence-corrected chi connectivity index (χ0v) is 18.9. The van der Waals surface area contributed by atoms with Gasteiger partial charge in [0.25, 0.3) is 0 Å². The summed E-state index contributed by atoms with van der Waals surface area (Å²) in [6.45, 7) is 0.658. The van der Waals surface area contributed by atoms with Gasteiger partial charge in [-0.2, -0.15) is 4.52 Å². The summed E-state index contributed by atoms with van der Waals surface area (Å²) in [5.41, 5.74) is 2.09. The Morgan fingerprint density at radius 3 is 2.71 bits per heavy atom. The first-order chi connectivity index (χ1) is 16.6. The molecule has 0 radical (unpaired) electrons. The zero-order chi connectivity index (χ0) is 23.7. The number of hydrogen-bond acceptors (Lipinski definition) is 8. The summed E-state index contributed by atoms with van der Waals surface area (Å²) >= 11 is 0. The topological polar surface area (TPSA) is 120 Å². The van der Waals surface area contributed by atoms with Crippen molar-refractivity contribution in [1.82, 2.24) is 24.9 Å². The van der Waals surface area contributed by atoms with Crippen LogP contribution < -0.4 is 15.4 Å². The summed E-state index contributed by atoms with van der Waals surface area (Å²) in [5.74, 6) is 0.969. The van der Waals surface area contributed by atoms with Crippen LogP contribution in [-0.4, -0.2) is 58.3 Å². The van der Waals surface area contributed by atoms with E-state index in [0.29, 0.717) is 52.6 Å². The Morgan fingerprint density at radius 2 is 1.94 bits per heavy atom. The zero-order valence-electron chi connectivity index (χ0n) is 18.9. The van der Waals surface area contributed by atoms with Gasteiger partial charge in [-0.3, -0.25) is 4.79 Å². The van der Waals surface area contributed by atoms with Gasteiger partial charge in [0.15, 0.2) is 11.5 Å². The number of fused-ring (bicyclic) bond motifs is 3. The summed E-state index contributed by atoms with van der Waals surface area (Å²) in [6, 6.07) is 12.1. The average molecular weight is 460 g/mol. The van der Waals surface area contributed by atoms with Gasteiger partial charge in [0.05, 0.1) is 30.7 Å². The number of amides is 1. The summed E-state index contributed by atoms with van der Waals surface area (Å²) in [6.07, 6.45) is 2.52. The van der Waals surface area contributed by atoms with Crippen molar-refractivity contribution in [3.63, 3.8) is 0 Å². The SMILES string of the molecule is COC(=O)c1cccc2nc(N[C@@H]3CCCCNC3=O)n3nc(-c4ccc(OC)cc4)nc3c12. The molecule has 0 aliphatic carbocycles. The van der Waals surface area contributed by atoms with Crippen LogP contribution in [0.1, 0.15) is 29.6 Å². The van der Waals surface area contributed by atoms with Gasteiger partial charge in [0.2, 0.25) is 11.9 Å². The number of aromatic nitrogens is 4. The van der Waals surface area contributed by atoms with Crippen LogP contribution in [-0.2, 0) is 9.53 Å². The number of benzene rings is 2. The third kappa shape index (κ3) is 3.87. The predicted molar refractivity (Wildman–Crippen MR) is 126 cm³/mol. The van der Waals surface area contributed by atoms with Gasteiger partial charge in [-0.1, -0.05) is 6.07 Å². The van der Waals surface area contributed by atoms with Crippen molar-refractivity contribution in [1.29, 1.82) is 0 Å². The maximum Gasteiger partial charge on any atom is 0.338 e. The number of esters is 1. The van der Waals surface area contributed by atoms with Crippen LogP contribution in [0.4, 0.5) is 5.95 Å². The molecule has 10 nitrogen and oxygen atoms in total. The van der Waals surface area contributed by atoms with Crippen molar-refractivity contribution < 1.29 is 19.1 Å². The van der Waals surface area contributed by atoms with E-state index in [4.69, 9.17) is 19.4 Å². The summed E-state index contributed by atoms with van der Waals surface area (Å²) in [7, 11) is 2.94. The van der Waals surface area contributed by atoms with E-state index in [9.17, 15) is 9.59 Å². The lowest BCUT2D eigenvalue weighted by Gasteiger charge is -2.17. The van der Waals surface area contributed by atoms with E-state index in [1.54, 1.807) is 29.8 Å². The number of nitrogens with zero attached hydrogens (tertiary/aromatic N) is 4. The molecule has 2 N–H and O–H groups in total. The predicted octanol–water partition coefficient (Wildman–Crippen LogP) is 2.82. The molecule has 2 aromatic heterocycles. The highest BCUT2D eigenvalue weighted by atomic mass is 16.5. The first-order valence-corrected chi connectivity index (χ1v) is 11.1. The van der Waals surface area contributed by atoms with Crippen molar-refractivity contribution >= 4 is 34.4 Å². The van der Waals surface area contributed by atoms with Gasteiger partial charge in [0.1, 0.15) is 11.8 Å². The molecular formula is C24H24N6O4. The number of hydrogen-bond donors (Lipinski definition) is 2. The number of methoxy groups -OCH3 is 2. The third-order valence-electron chi connectivity index (χ3n) is 5.89. The fraction of sp³-hybridized carbons (Fsp3) is 0.292. The van der Waals surface area contributed by atoms with E-state index in [-0.39, 0.29) is 5.91 Å². The van der Waals surface area contributed by atoms with Gasteiger partial charge in [-0.25, -0.2) is 14.8 Å². The van der Waals surface area contributed by atoms with Crippen LogP contribution >= 0.6 is 0 Å². The highest BCUT2D eigenvalue weighted by molar-refractivity contribution is 6.09. The number of nitrogens with one attached hydrogen (secondary N) is 2. The molecular weight excluding hydrogens is 436 g/mol. The second-order valence-corrected chi connectivity index (χ2v) is 8.01. The number of carbonyl (C=O) groups excluding carboxylic acids is 2. The molecule has 1 amide bonds. The molecule has 174 valence electrons. The molecule has 0 bridgehead atoms. The highest BCUT2D eigenvalue weighted by Gasteiger charge is 2.25. The second kappa shape index (κ2) is 8.97. The lowest BCUT2D eigenvalue weighted by atomic mass is 10.1. The molecule has 4 aromatic rings. The first-order valence-electron chi connectivity index (χ1n) is 11.1. The van der Waals surface area contributed by atoms with Gasteiger partial charge >= 0.3 is 5.97 Å². The normalized spacial score (nSPS) is 16.2. The van der Waals surface area contributed by atoms with Gasteiger partial charge in [-0.05, 0) is 55.7 Å². The fourth-order valence-electron chi connectivity index (χ4n) is 4.12. The highest BCUT2D eigenvalue weighted by Crippen LogP contribution is 2.28. The van der Waals surface area contributed by atoms with Crippen LogP contribution in [0.3, 0.4) is 0 Å². The van der Waals surface area contributed by atoms with E-state index in [1.165, 1.54) is 7.11 Å². The summed E-state index contributed by atoms with van der Waals surface area (Å²) < 4.78 is 11.8. The van der Waals surface area contributed by atoms with E-state index < -0.39 is 12.0 Å². The second-order valence-electron chi connectivity index (χ2n) is 8.01. The molecule has 1 aliphatic heterocycles. The molecule has 10 heteroatoms. The van der Waals surface area contributed by atoms with E-state index >= 15 is 0 Å². The first kappa shape index (κ1) is 21.6. The molecule has 1 atom stereocenters. The minimum Gasteiger partial charge on any atom is -0.497 e. The van der Waals surface area contributed by atoms with Crippen LogP contribution in [0.15, 0.2) is 42.5 Å². The van der Waals surface area contributed by atoms with E-state index in [2.05, 4.69) is 15.7 Å². The summed E-state index contributed by atoms with van der Waals surface area (Å²) in [5, 5.41) is 11.4. The average Bonchev–Trinajstić information content (AvgIpc) is 3.23. The van der Waals surface area contributed by atoms with Gasteiger partial charge < -0.3 is 20.1 Å². The third-order valence-corrected chi connectivity index (χ3v) is 5.89. The molecule has 0 spiro atoms. The van der Waals surface area contributed by atoms with E-state index in [1.807, 2.05) is 24.3 Å². The number of anilines is 1. The Kier molecular flexibility index (Phi) is 5.70. The fourth-order valence-corrected chi connectivity index (χ4v) is 4.12. The molecule has 3 heterocycles. The lowest BCUT2D eigenvalue weighted by molar-refractivity contribution is -0.121. The maximum absolute atomic E-state index is 12.6.